The van der Waals surface area contributed by atoms with Crippen molar-refractivity contribution in [3.8, 4) is 0 Å². The molecule has 3 rings (SSSR count). The number of hydrogen-bond acceptors (Lipinski definition) is 3. The Labute approximate surface area is 126 Å². The summed E-state index contributed by atoms with van der Waals surface area (Å²) >= 11 is 0. The van der Waals surface area contributed by atoms with Gasteiger partial charge < -0.3 is 9.73 Å². The van der Waals surface area contributed by atoms with E-state index in [9.17, 15) is 9.18 Å². The van der Waals surface area contributed by atoms with Crippen LogP contribution in [0.4, 0.5) is 4.39 Å². The summed E-state index contributed by atoms with van der Waals surface area (Å²) in [6.45, 7) is 0.282. The first-order chi connectivity index (χ1) is 10.7. The quantitative estimate of drug-likeness (QED) is 0.788. The first-order valence-electron chi connectivity index (χ1n) is 6.80. The number of benzene rings is 1. The number of carbonyl (C=O) groups is 1. The van der Waals surface area contributed by atoms with Crippen molar-refractivity contribution in [2.24, 2.45) is 0 Å². The van der Waals surface area contributed by atoms with E-state index in [2.05, 4.69) is 10.4 Å². The number of hydrogen-bond donors (Lipinski definition) is 1. The summed E-state index contributed by atoms with van der Waals surface area (Å²) in [4.78, 5) is 12.1. The van der Waals surface area contributed by atoms with Gasteiger partial charge in [-0.3, -0.25) is 9.48 Å². The van der Waals surface area contributed by atoms with E-state index in [1.807, 2.05) is 6.07 Å². The molecule has 0 radical (unpaired) electrons. The molecule has 2 heterocycles. The highest BCUT2D eigenvalue weighted by molar-refractivity contribution is 5.94. The molecule has 0 bridgehead atoms. The second-order valence-corrected chi connectivity index (χ2v) is 4.74. The molecule has 0 aliphatic heterocycles. The Kier molecular flexibility index (Phi) is 4.00. The summed E-state index contributed by atoms with van der Waals surface area (Å²) in [6.07, 6.45) is 5.02. The van der Waals surface area contributed by atoms with Crippen molar-refractivity contribution in [2.75, 3.05) is 6.54 Å². The first kappa shape index (κ1) is 14.1. The van der Waals surface area contributed by atoms with Crippen LogP contribution in [0.15, 0.2) is 65.5 Å². The van der Waals surface area contributed by atoms with Crippen molar-refractivity contribution < 1.29 is 13.6 Å². The minimum Gasteiger partial charge on any atom is -0.467 e. The molecule has 1 amide bonds. The largest absolute Gasteiger partial charge is 0.467 e. The third-order valence-corrected chi connectivity index (χ3v) is 3.26. The van der Waals surface area contributed by atoms with Crippen LogP contribution in [0.25, 0.3) is 0 Å². The molecule has 1 atom stereocenters. The van der Waals surface area contributed by atoms with Crippen molar-refractivity contribution >= 4 is 5.91 Å². The second kappa shape index (κ2) is 6.26. The zero-order valence-corrected chi connectivity index (χ0v) is 11.6. The lowest BCUT2D eigenvalue weighted by Crippen LogP contribution is -2.31. The molecule has 22 heavy (non-hydrogen) atoms. The van der Waals surface area contributed by atoms with E-state index in [4.69, 9.17) is 4.42 Å². The molecule has 5 nitrogen and oxygen atoms in total. The van der Waals surface area contributed by atoms with Gasteiger partial charge in [0.05, 0.1) is 6.26 Å². The van der Waals surface area contributed by atoms with E-state index in [1.54, 1.807) is 41.5 Å². The van der Waals surface area contributed by atoms with E-state index < -0.39 is 5.82 Å². The average molecular weight is 299 g/mol. The molecule has 2 aromatic heterocycles. The number of nitrogens with zero attached hydrogens (tertiary/aromatic N) is 2. The summed E-state index contributed by atoms with van der Waals surface area (Å²) in [6, 6.07) is 10.7. The predicted octanol–water partition coefficient (Wildman–Crippen LogP) is 2.63. The van der Waals surface area contributed by atoms with E-state index in [1.165, 1.54) is 18.2 Å². The molecular formula is C16H14FN3O2. The molecule has 1 N–H and O–H groups in total. The van der Waals surface area contributed by atoms with Crippen LogP contribution in [-0.2, 0) is 0 Å². The Bertz CT molecular complexity index is 704. The average Bonchev–Trinajstić information content (AvgIpc) is 3.21. The van der Waals surface area contributed by atoms with E-state index >= 15 is 0 Å². The van der Waals surface area contributed by atoms with Crippen molar-refractivity contribution in [1.82, 2.24) is 15.1 Å². The minimum absolute atomic E-state index is 0.262. The summed E-state index contributed by atoms with van der Waals surface area (Å²) in [5.41, 5.74) is 0.277. The maximum absolute atomic E-state index is 13.2. The number of aromatic nitrogens is 2. The molecular weight excluding hydrogens is 285 g/mol. The smallest absolute Gasteiger partial charge is 0.251 e. The highest BCUT2D eigenvalue weighted by atomic mass is 19.1. The Morgan fingerprint density at radius 2 is 2.23 bits per heavy atom. The Balaban J connectivity index is 1.73. The van der Waals surface area contributed by atoms with Gasteiger partial charge >= 0.3 is 0 Å². The van der Waals surface area contributed by atoms with Crippen molar-refractivity contribution in [3.63, 3.8) is 0 Å². The Hall–Kier alpha value is -2.89. The second-order valence-electron chi connectivity index (χ2n) is 4.74. The Morgan fingerprint density at radius 1 is 1.32 bits per heavy atom. The lowest BCUT2D eigenvalue weighted by Gasteiger charge is -2.16. The SMILES string of the molecule is O=C(NCC(c1ccco1)n1cccn1)c1cccc(F)c1. The standard InChI is InChI=1S/C16H14FN3O2/c17-13-5-1-4-12(10-13)16(21)18-11-14(15-6-2-9-22-15)20-8-3-7-19-20/h1-10,14H,11H2,(H,18,21). The van der Waals surface area contributed by atoms with Gasteiger partial charge in [-0.15, -0.1) is 0 Å². The van der Waals surface area contributed by atoms with Crippen LogP contribution in [0.2, 0.25) is 0 Å². The third kappa shape index (κ3) is 3.06. The van der Waals surface area contributed by atoms with Gasteiger partial charge in [0.15, 0.2) is 0 Å². The molecule has 1 aromatic carbocycles. The number of amides is 1. The van der Waals surface area contributed by atoms with Crippen LogP contribution in [0.1, 0.15) is 22.2 Å². The van der Waals surface area contributed by atoms with Crippen LogP contribution >= 0.6 is 0 Å². The van der Waals surface area contributed by atoms with Gasteiger partial charge in [-0.25, -0.2) is 4.39 Å². The lowest BCUT2D eigenvalue weighted by molar-refractivity contribution is 0.0947. The minimum atomic E-state index is -0.442. The third-order valence-electron chi connectivity index (χ3n) is 3.26. The molecule has 112 valence electrons. The van der Waals surface area contributed by atoms with Gasteiger partial charge in [-0.1, -0.05) is 6.07 Å². The summed E-state index contributed by atoms with van der Waals surface area (Å²) in [5.74, 6) is -0.103. The molecule has 0 fully saturated rings. The molecule has 0 saturated carbocycles. The van der Waals surface area contributed by atoms with Crippen molar-refractivity contribution in [2.45, 2.75) is 6.04 Å². The summed E-state index contributed by atoms with van der Waals surface area (Å²) < 4.78 is 20.3. The molecule has 0 aliphatic carbocycles. The molecule has 6 heteroatoms. The highest BCUT2D eigenvalue weighted by Gasteiger charge is 2.18. The van der Waals surface area contributed by atoms with Gasteiger partial charge in [0.2, 0.25) is 0 Å². The fourth-order valence-corrected chi connectivity index (χ4v) is 2.19. The topological polar surface area (TPSA) is 60.1 Å². The van der Waals surface area contributed by atoms with Crippen LogP contribution in [0.3, 0.4) is 0 Å². The fourth-order valence-electron chi connectivity index (χ4n) is 2.19. The van der Waals surface area contributed by atoms with Gasteiger partial charge in [-0.05, 0) is 36.4 Å². The first-order valence-corrected chi connectivity index (χ1v) is 6.80. The van der Waals surface area contributed by atoms with Crippen molar-refractivity contribution in [3.05, 3.63) is 78.3 Å². The molecule has 0 saturated heterocycles. The number of halogens is 1. The molecule has 0 aliphatic rings. The van der Waals surface area contributed by atoms with Crippen LogP contribution in [-0.4, -0.2) is 22.2 Å². The predicted molar refractivity (Wildman–Crippen MR) is 77.8 cm³/mol. The maximum atomic E-state index is 13.2. The zero-order valence-electron chi connectivity index (χ0n) is 11.6. The van der Waals surface area contributed by atoms with Crippen LogP contribution in [0, 0.1) is 5.82 Å². The van der Waals surface area contributed by atoms with E-state index in [-0.39, 0.29) is 24.1 Å². The number of nitrogens with one attached hydrogen (secondary N) is 1. The lowest BCUT2D eigenvalue weighted by atomic mass is 10.2. The molecule has 3 aromatic rings. The number of rotatable bonds is 5. The van der Waals surface area contributed by atoms with Gasteiger partial charge in [0.25, 0.3) is 5.91 Å². The number of carbonyl (C=O) groups excluding carboxylic acids is 1. The maximum Gasteiger partial charge on any atom is 0.251 e. The van der Waals surface area contributed by atoms with Crippen molar-refractivity contribution in [1.29, 1.82) is 0 Å². The van der Waals surface area contributed by atoms with Gasteiger partial charge in [0.1, 0.15) is 17.6 Å². The number of furan rings is 1. The monoisotopic (exact) mass is 299 g/mol. The van der Waals surface area contributed by atoms with Gasteiger partial charge in [-0.2, -0.15) is 5.10 Å². The van der Waals surface area contributed by atoms with E-state index in [0.717, 1.165) is 0 Å². The molecule has 1 unspecified atom stereocenters. The zero-order chi connectivity index (χ0) is 15.4. The van der Waals surface area contributed by atoms with E-state index in [0.29, 0.717) is 5.76 Å². The molecule has 0 spiro atoms. The fraction of sp³-hybridized carbons (Fsp3) is 0.125. The highest BCUT2D eigenvalue weighted by Crippen LogP contribution is 2.17. The van der Waals surface area contributed by atoms with Crippen LogP contribution < -0.4 is 5.32 Å². The normalized spacial score (nSPS) is 12.0. The van der Waals surface area contributed by atoms with Gasteiger partial charge in [0, 0.05) is 24.5 Å². The summed E-state index contributed by atoms with van der Waals surface area (Å²) in [5, 5.41) is 6.96. The summed E-state index contributed by atoms with van der Waals surface area (Å²) in [7, 11) is 0. The van der Waals surface area contributed by atoms with Crippen LogP contribution in [0.5, 0.6) is 0 Å². The Morgan fingerprint density at radius 3 is 2.91 bits per heavy atom.